The Kier molecular flexibility index (Phi) is 7.04. The first-order chi connectivity index (χ1) is 17.8. The Morgan fingerprint density at radius 2 is 1.97 bits per heavy atom. The van der Waals surface area contributed by atoms with E-state index in [1.165, 1.54) is 30.2 Å². The fraction of sp³-hybridized carbons (Fsp3) is 0.333. The molecule has 0 unspecified atom stereocenters. The summed E-state index contributed by atoms with van der Waals surface area (Å²) >= 11 is 7.24. The molecule has 0 aromatic carbocycles. The summed E-state index contributed by atoms with van der Waals surface area (Å²) in [4.78, 5) is 39.0. The van der Waals surface area contributed by atoms with Crippen LogP contribution in [-0.2, 0) is 0 Å². The van der Waals surface area contributed by atoms with Gasteiger partial charge in [0.15, 0.2) is 0 Å². The summed E-state index contributed by atoms with van der Waals surface area (Å²) in [7, 11) is 1.51. The number of aryl methyl sites for hydroxylation is 1. The minimum absolute atomic E-state index is 0.195. The number of pyridine rings is 2. The van der Waals surface area contributed by atoms with E-state index in [4.69, 9.17) is 16.3 Å². The summed E-state index contributed by atoms with van der Waals surface area (Å²) in [5.41, 5.74) is 2.38. The number of nitrogens with zero attached hydrogens (tertiary/aromatic N) is 5. The van der Waals surface area contributed by atoms with Gasteiger partial charge in [-0.1, -0.05) is 35.8 Å². The second kappa shape index (κ2) is 10.4. The maximum Gasteiger partial charge on any atom is 0.271 e. The van der Waals surface area contributed by atoms with Gasteiger partial charge in [-0.25, -0.2) is 14.5 Å². The van der Waals surface area contributed by atoms with Crippen LogP contribution in [0.1, 0.15) is 52.2 Å². The summed E-state index contributed by atoms with van der Waals surface area (Å²) in [6.07, 6.45) is 7.24. The molecule has 37 heavy (non-hydrogen) atoms. The molecule has 1 aliphatic carbocycles. The van der Waals surface area contributed by atoms with Crippen molar-refractivity contribution in [3.05, 3.63) is 52.8 Å². The summed E-state index contributed by atoms with van der Waals surface area (Å²) in [6, 6.07) is 3.11. The van der Waals surface area contributed by atoms with Crippen LogP contribution in [0.3, 0.4) is 0 Å². The third-order valence-corrected chi connectivity index (χ3v) is 7.22. The lowest BCUT2D eigenvalue weighted by Crippen LogP contribution is -2.45. The van der Waals surface area contributed by atoms with Gasteiger partial charge in [-0.2, -0.15) is 0 Å². The average Bonchev–Trinajstić information content (AvgIpc) is 3.44. The van der Waals surface area contributed by atoms with E-state index >= 15 is 0 Å². The minimum atomic E-state index is -0.550. The van der Waals surface area contributed by atoms with Crippen LogP contribution in [0.2, 0.25) is 5.15 Å². The standard InChI is InChI=1S/C24H24ClN7O4S/c1-12-7-13(14-8-20(25)27-10-19(14)36-2)15(9-26-12)21(34)30-23-31-32-11-17(29-24(32)37-23)22(35)28-16-5-3-4-6-18(16)33/h7-11,16,18,33H,3-6H2,1-2H3,(H,28,35)(H,30,31,34)/t16-,18+/m0/s1. The minimum Gasteiger partial charge on any atom is -0.494 e. The number of imidazole rings is 1. The van der Waals surface area contributed by atoms with Crippen LogP contribution in [0.5, 0.6) is 5.75 Å². The smallest absolute Gasteiger partial charge is 0.271 e. The van der Waals surface area contributed by atoms with Crippen LogP contribution in [0.4, 0.5) is 5.13 Å². The molecule has 13 heteroatoms. The van der Waals surface area contributed by atoms with E-state index in [-0.39, 0.29) is 22.8 Å². The van der Waals surface area contributed by atoms with Crippen LogP contribution in [0.25, 0.3) is 16.1 Å². The van der Waals surface area contributed by atoms with Gasteiger partial charge in [-0.3, -0.25) is 19.9 Å². The quantitative estimate of drug-likeness (QED) is 0.315. The number of hydrogen-bond acceptors (Lipinski definition) is 9. The highest BCUT2D eigenvalue weighted by molar-refractivity contribution is 7.20. The topological polar surface area (TPSA) is 144 Å². The molecule has 2 atom stereocenters. The molecule has 4 aromatic heterocycles. The van der Waals surface area contributed by atoms with Crippen molar-refractivity contribution in [3.8, 4) is 16.9 Å². The summed E-state index contributed by atoms with van der Waals surface area (Å²) in [5.74, 6) is -0.336. The number of amides is 2. The Morgan fingerprint density at radius 1 is 1.16 bits per heavy atom. The van der Waals surface area contributed by atoms with Gasteiger partial charge in [0.25, 0.3) is 11.8 Å². The highest BCUT2D eigenvalue weighted by Crippen LogP contribution is 2.34. The second-order valence-electron chi connectivity index (χ2n) is 8.72. The van der Waals surface area contributed by atoms with Gasteiger partial charge in [0.2, 0.25) is 10.1 Å². The van der Waals surface area contributed by atoms with Gasteiger partial charge >= 0.3 is 0 Å². The van der Waals surface area contributed by atoms with Gasteiger partial charge < -0.3 is 15.2 Å². The zero-order chi connectivity index (χ0) is 26.1. The lowest BCUT2D eigenvalue weighted by molar-refractivity contribution is 0.0714. The SMILES string of the molecule is COc1cnc(Cl)cc1-c1cc(C)ncc1C(=O)Nc1nn2cc(C(=O)N[C@H]3CCCC[C@H]3O)nc2s1. The number of anilines is 1. The number of carbonyl (C=O) groups excluding carboxylic acids is 2. The Balaban J connectivity index is 1.36. The molecule has 1 saturated carbocycles. The fourth-order valence-corrected chi connectivity index (χ4v) is 5.23. The first-order valence-electron chi connectivity index (χ1n) is 11.7. The van der Waals surface area contributed by atoms with E-state index in [9.17, 15) is 14.7 Å². The molecule has 2 amide bonds. The number of halogens is 1. The van der Waals surface area contributed by atoms with Crippen LogP contribution in [0.15, 0.2) is 30.7 Å². The molecular weight excluding hydrogens is 518 g/mol. The van der Waals surface area contributed by atoms with E-state index in [1.54, 1.807) is 12.1 Å². The zero-order valence-corrected chi connectivity index (χ0v) is 21.6. The normalized spacial score (nSPS) is 17.5. The summed E-state index contributed by atoms with van der Waals surface area (Å²) in [5, 5.41) is 20.7. The van der Waals surface area contributed by atoms with Crippen LogP contribution >= 0.6 is 22.9 Å². The van der Waals surface area contributed by atoms with Gasteiger partial charge in [0.05, 0.1) is 37.2 Å². The van der Waals surface area contributed by atoms with Crippen molar-refractivity contribution in [2.45, 2.75) is 44.8 Å². The summed E-state index contributed by atoms with van der Waals surface area (Å²) < 4.78 is 6.86. The Bertz CT molecular complexity index is 1460. The van der Waals surface area contributed by atoms with Gasteiger partial charge in [0, 0.05) is 23.0 Å². The fourth-order valence-electron chi connectivity index (χ4n) is 4.30. The predicted octanol–water partition coefficient (Wildman–Crippen LogP) is 3.50. The Labute approximate surface area is 220 Å². The molecule has 1 aliphatic rings. The number of carbonyl (C=O) groups is 2. The number of ether oxygens (including phenoxy) is 1. The van der Waals surface area contributed by atoms with E-state index in [1.807, 2.05) is 6.92 Å². The number of aliphatic hydroxyl groups is 1. The van der Waals surface area contributed by atoms with Gasteiger partial charge in [-0.15, -0.1) is 5.10 Å². The maximum atomic E-state index is 13.2. The molecule has 1 fully saturated rings. The van der Waals surface area contributed by atoms with E-state index < -0.39 is 12.0 Å². The lowest BCUT2D eigenvalue weighted by Gasteiger charge is -2.27. The summed E-state index contributed by atoms with van der Waals surface area (Å²) in [6.45, 7) is 1.82. The van der Waals surface area contributed by atoms with E-state index in [0.717, 1.165) is 30.6 Å². The monoisotopic (exact) mass is 541 g/mol. The average molecular weight is 542 g/mol. The Morgan fingerprint density at radius 3 is 2.73 bits per heavy atom. The van der Waals surface area contributed by atoms with Crippen molar-refractivity contribution >= 4 is 44.8 Å². The zero-order valence-electron chi connectivity index (χ0n) is 20.1. The molecule has 0 spiro atoms. The number of aliphatic hydroxyl groups excluding tert-OH is 1. The molecular formula is C24H24ClN7O4S. The number of methoxy groups -OCH3 is 1. The molecule has 0 radical (unpaired) electrons. The Hall–Kier alpha value is -3.61. The molecule has 0 saturated heterocycles. The first kappa shape index (κ1) is 25.1. The van der Waals surface area contributed by atoms with Crippen LogP contribution < -0.4 is 15.4 Å². The van der Waals surface area contributed by atoms with Crippen molar-refractivity contribution < 1.29 is 19.4 Å². The third-order valence-electron chi connectivity index (χ3n) is 6.17. The predicted molar refractivity (Wildman–Crippen MR) is 138 cm³/mol. The van der Waals surface area contributed by atoms with E-state index in [0.29, 0.717) is 44.6 Å². The van der Waals surface area contributed by atoms with Crippen LogP contribution in [-0.4, -0.2) is 60.7 Å². The molecule has 4 aromatic rings. The molecule has 4 heterocycles. The first-order valence-corrected chi connectivity index (χ1v) is 12.8. The molecule has 11 nitrogen and oxygen atoms in total. The van der Waals surface area contributed by atoms with E-state index in [2.05, 4.69) is 30.7 Å². The van der Waals surface area contributed by atoms with Crippen molar-refractivity contribution in [2.75, 3.05) is 12.4 Å². The number of rotatable bonds is 6. The highest BCUT2D eigenvalue weighted by Gasteiger charge is 2.26. The molecule has 0 aliphatic heterocycles. The molecule has 3 N–H and O–H groups in total. The van der Waals surface area contributed by atoms with Gasteiger partial charge in [0.1, 0.15) is 16.6 Å². The number of hydrogen-bond donors (Lipinski definition) is 3. The number of fused-ring (bicyclic) bond motifs is 1. The molecule has 192 valence electrons. The maximum absolute atomic E-state index is 13.2. The number of nitrogens with one attached hydrogen (secondary N) is 2. The highest BCUT2D eigenvalue weighted by atomic mass is 35.5. The molecule has 0 bridgehead atoms. The number of aromatic nitrogens is 5. The second-order valence-corrected chi connectivity index (χ2v) is 10.1. The molecule has 5 rings (SSSR count). The third kappa shape index (κ3) is 5.26. The van der Waals surface area contributed by atoms with Crippen molar-refractivity contribution in [1.29, 1.82) is 0 Å². The van der Waals surface area contributed by atoms with Crippen molar-refractivity contribution in [3.63, 3.8) is 0 Å². The van der Waals surface area contributed by atoms with Crippen LogP contribution in [0, 0.1) is 6.92 Å². The largest absolute Gasteiger partial charge is 0.494 e. The van der Waals surface area contributed by atoms with Gasteiger partial charge in [-0.05, 0) is 31.9 Å². The lowest BCUT2D eigenvalue weighted by atomic mass is 9.92. The van der Waals surface area contributed by atoms with Crippen molar-refractivity contribution in [2.24, 2.45) is 0 Å². The van der Waals surface area contributed by atoms with Crippen molar-refractivity contribution in [1.82, 2.24) is 29.9 Å².